The highest BCUT2D eigenvalue weighted by molar-refractivity contribution is 5.72. The van der Waals surface area contributed by atoms with Crippen LogP contribution < -0.4 is 0 Å². The normalized spacial score (nSPS) is 18.5. The van der Waals surface area contributed by atoms with Crippen molar-refractivity contribution < 1.29 is 13.4 Å². The van der Waals surface area contributed by atoms with E-state index in [9.17, 15) is 0 Å². The lowest BCUT2D eigenvalue weighted by Crippen LogP contribution is -2.34. The molecule has 26 heavy (non-hydrogen) atoms. The number of hydrogen-bond donors (Lipinski definition) is 0. The third-order valence-electron chi connectivity index (χ3n) is 4.87. The number of benzene rings is 1. The summed E-state index contributed by atoms with van der Waals surface area (Å²) >= 11 is 0. The number of oxazole rings is 1. The summed E-state index contributed by atoms with van der Waals surface area (Å²) in [7, 11) is 0. The molecule has 5 rings (SSSR count). The molecule has 0 spiro atoms. The van der Waals surface area contributed by atoms with Crippen molar-refractivity contribution >= 4 is 11.1 Å². The monoisotopic (exact) mass is 349 g/mol. The molecular weight excluding hydrogens is 330 g/mol. The molecule has 1 aliphatic rings. The van der Waals surface area contributed by atoms with Gasteiger partial charge >= 0.3 is 0 Å². The van der Waals surface area contributed by atoms with E-state index in [-0.39, 0.29) is 0 Å². The smallest absolute Gasteiger partial charge is 0.202 e. The van der Waals surface area contributed by atoms with E-state index in [2.05, 4.69) is 15.0 Å². The predicted octanol–water partition coefficient (Wildman–Crippen LogP) is 4.46. The summed E-state index contributed by atoms with van der Waals surface area (Å²) in [5, 5.41) is 4.18. The Morgan fingerprint density at radius 2 is 2.08 bits per heavy atom. The molecule has 1 atom stereocenters. The molecule has 0 radical (unpaired) electrons. The standard InChI is InChI=1S/C20H19N3O3/c1-2-7-17-16(6-1)21-20(25-17)14-5-3-9-23(12-14)13-15-11-19(26-22-15)18-8-4-10-24-18/h1-2,4,6-8,10-11,14H,3,5,9,12-13H2/t14-/m1/s1. The quantitative estimate of drug-likeness (QED) is 0.542. The Bertz CT molecular complexity index is 969. The second-order valence-electron chi connectivity index (χ2n) is 6.75. The van der Waals surface area contributed by atoms with E-state index in [4.69, 9.17) is 13.4 Å². The zero-order valence-corrected chi connectivity index (χ0v) is 14.3. The van der Waals surface area contributed by atoms with Crippen molar-refractivity contribution in [1.29, 1.82) is 0 Å². The van der Waals surface area contributed by atoms with Crippen molar-refractivity contribution in [2.24, 2.45) is 0 Å². The molecule has 1 aliphatic heterocycles. The molecule has 132 valence electrons. The molecule has 0 bridgehead atoms. The minimum Gasteiger partial charge on any atom is -0.461 e. The van der Waals surface area contributed by atoms with Crippen LogP contribution >= 0.6 is 0 Å². The number of fused-ring (bicyclic) bond motifs is 1. The van der Waals surface area contributed by atoms with Crippen LogP contribution in [-0.4, -0.2) is 28.1 Å². The number of aromatic nitrogens is 2. The van der Waals surface area contributed by atoms with Gasteiger partial charge in [-0.2, -0.15) is 0 Å². The minimum absolute atomic E-state index is 0.313. The fraction of sp³-hybridized carbons (Fsp3) is 0.300. The van der Waals surface area contributed by atoms with Crippen LogP contribution in [0.1, 0.15) is 30.3 Å². The highest BCUT2D eigenvalue weighted by atomic mass is 16.5. The van der Waals surface area contributed by atoms with Gasteiger partial charge in [-0.1, -0.05) is 17.3 Å². The predicted molar refractivity (Wildman–Crippen MR) is 95.5 cm³/mol. The molecule has 0 saturated carbocycles. The van der Waals surface area contributed by atoms with Gasteiger partial charge in [0.25, 0.3) is 0 Å². The molecular formula is C20H19N3O3. The van der Waals surface area contributed by atoms with E-state index in [1.807, 2.05) is 42.5 Å². The molecule has 0 amide bonds. The molecule has 0 unspecified atom stereocenters. The Morgan fingerprint density at radius 1 is 1.12 bits per heavy atom. The summed E-state index contributed by atoms with van der Waals surface area (Å²) in [6, 6.07) is 13.6. The maximum Gasteiger partial charge on any atom is 0.202 e. The minimum atomic E-state index is 0.313. The molecule has 1 fully saturated rings. The zero-order chi connectivity index (χ0) is 17.3. The maximum absolute atomic E-state index is 5.97. The van der Waals surface area contributed by atoms with Crippen molar-refractivity contribution in [3.63, 3.8) is 0 Å². The van der Waals surface area contributed by atoms with Gasteiger partial charge in [-0.25, -0.2) is 4.98 Å². The van der Waals surface area contributed by atoms with Gasteiger partial charge in [-0.05, 0) is 43.7 Å². The van der Waals surface area contributed by atoms with E-state index in [1.165, 1.54) is 0 Å². The number of furan rings is 1. The third-order valence-corrected chi connectivity index (χ3v) is 4.87. The number of para-hydroxylation sites is 2. The molecule has 6 nitrogen and oxygen atoms in total. The number of hydrogen-bond acceptors (Lipinski definition) is 6. The zero-order valence-electron chi connectivity index (χ0n) is 14.3. The number of likely N-dealkylation sites (tertiary alicyclic amines) is 1. The first-order chi connectivity index (χ1) is 12.8. The van der Waals surface area contributed by atoms with Gasteiger partial charge in [0.2, 0.25) is 5.76 Å². The second kappa shape index (κ2) is 6.46. The van der Waals surface area contributed by atoms with Crippen LogP contribution in [0.25, 0.3) is 22.6 Å². The first kappa shape index (κ1) is 15.4. The summed E-state index contributed by atoms with van der Waals surface area (Å²) in [4.78, 5) is 7.06. The van der Waals surface area contributed by atoms with E-state index >= 15 is 0 Å². The van der Waals surface area contributed by atoms with Gasteiger partial charge in [0.15, 0.2) is 17.2 Å². The molecule has 0 N–H and O–H groups in total. The fourth-order valence-corrected chi connectivity index (χ4v) is 3.62. The van der Waals surface area contributed by atoms with E-state index in [0.29, 0.717) is 17.4 Å². The molecule has 1 saturated heterocycles. The number of nitrogens with zero attached hydrogens (tertiary/aromatic N) is 3. The van der Waals surface area contributed by atoms with Crippen molar-refractivity contribution in [3.8, 4) is 11.5 Å². The summed E-state index contributed by atoms with van der Waals surface area (Å²) in [6.07, 6.45) is 3.85. The third kappa shape index (κ3) is 2.93. The molecule has 6 heteroatoms. The second-order valence-corrected chi connectivity index (χ2v) is 6.75. The van der Waals surface area contributed by atoms with Crippen LogP contribution in [0.2, 0.25) is 0 Å². The van der Waals surface area contributed by atoms with E-state index < -0.39 is 0 Å². The van der Waals surface area contributed by atoms with Gasteiger partial charge in [-0.3, -0.25) is 4.90 Å². The maximum atomic E-state index is 5.97. The first-order valence-corrected chi connectivity index (χ1v) is 8.92. The van der Waals surface area contributed by atoms with Crippen molar-refractivity contribution in [2.45, 2.75) is 25.3 Å². The van der Waals surface area contributed by atoms with Gasteiger partial charge < -0.3 is 13.4 Å². The number of rotatable bonds is 4. The lowest BCUT2D eigenvalue weighted by atomic mass is 9.98. The average Bonchev–Trinajstić information content (AvgIpc) is 3.41. The van der Waals surface area contributed by atoms with Crippen molar-refractivity contribution in [3.05, 3.63) is 60.3 Å². The van der Waals surface area contributed by atoms with Gasteiger partial charge in [0.05, 0.1) is 12.0 Å². The molecule has 0 aliphatic carbocycles. The first-order valence-electron chi connectivity index (χ1n) is 8.92. The van der Waals surface area contributed by atoms with Crippen LogP contribution in [0, 0.1) is 0 Å². The summed E-state index contributed by atoms with van der Waals surface area (Å²) in [6.45, 7) is 2.70. The summed E-state index contributed by atoms with van der Waals surface area (Å²) in [5.74, 6) is 2.52. The topological polar surface area (TPSA) is 68.4 Å². The van der Waals surface area contributed by atoms with E-state index in [1.54, 1.807) is 6.26 Å². The largest absolute Gasteiger partial charge is 0.461 e. The average molecular weight is 349 g/mol. The lowest BCUT2D eigenvalue weighted by Gasteiger charge is -2.30. The highest BCUT2D eigenvalue weighted by Gasteiger charge is 2.26. The molecule has 1 aromatic carbocycles. The van der Waals surface area contributed by atoms with Gasteiger partial charge in [-0.15, -0.1) is 0 Å². The van der Waals surface area contributed by atoms with Gasteiger partial charge in [0.1, 0.15) is 5.52 Å². The van der Waals surface area contributed by atoms with Crippen LogP contribution in [-0.2, 0) is 6.54 Å². The summed E-state index contributed by atoms with van der Waals surface area (Å²) in [5.41, 5.74) is 2.70. The molecule has 4 heterocycles. The highest BCUT2D eigenvalue weighted by Crippen LogP contribution is 2.30. The lowest BCUT2D eigenvalue weighted by molar-refractivity contribution is 0.183. The number of piperidine rings is 1. The van der Waals surface area contributed by atoms with E-state index in [0.717, 1.165) is 55.2 Å². The fourth-order valence-electron chi connectivity index (χ4n) is 3.62. The Labute approximate surface area is 150 Å². The Morgan fingerprint density at radius 3 is 2.96 bits per heavy atom. The van der Waals surface area contributed by atoms with Crippen LogP contribution in [0.5, 0.6) is 0 Å². The van der Waals surface area contributed by atoms with Crippen LogP contribution in [0.3, 0.4) is 0 Å². The van der Waals surface area contributed by atoms with Gasteiger partial charge in [0, 0.05) is 25.1 Å². The van der Waals surface area contributed by atoms with Crippen LogP contribution in [0.15, 0.2) is 62.1 Å². The Hall–Kier alpha value is -2.86. The molecule has 3 aromatic heterocycles. The van der Waals surface area contributed by atoms with Crippen molar-refractivity contribution in [1.82, 2.24) is 15.0 Å². The van der Waals surface area contributed by atoms with Crippen molar-refractivity contribution in [2.75, 3.05) is 13.1 Å². The SMILES string of the molecule is c1coc(-c2cc(CN3CCC[C@@H](c4nc5ccccc5o4)C3)no2)c1. The Kier molecular flexibility index (Phi) is 3.83. The Balaban J connectivity index is 1.30. The van der Waals surface area contributed by atoms with Crippen LogP contribution in [0.4, 0.5) is 0 Å². The molecule has 4 aromatic rings. The summed E-state index contributed by atoms with van der Waals surface area (Å²) < 4.78 is 16.7.